The first-order valence-electron chi connectivity index (χ1n) is 5.41. The van der Waals surface area contributed by atoms with Crippen LogP contribution in [0, 0.1) is 6.92 Å². The zero-order chi connectivity index (χ0) is 12.6. The molecular formula is C12H14ClNO3. The number of β-amino-alcohol motifs (C(OH)–C–C–N with tert-alkyl or cyclic N) is 2. The van der Waals surface area contributed by atoms with E-state index < -0.39 is 12.2 Å². The normalized spacial score (nSPS) is 24.1. The Kier molecular flexibility index (Phi) is 3.38. The molecule has 1 aromatic rings. The van der Waals surface area contributed by atoms with Crippen LogP contribution in [0.25, 0.3) is 0 Å². The molecule has 0 spiro atoms. The Hall–Kier alpha value is -1.10. The number of rotatable bonds is 1. The summed E-state index contributed by atoms with van der Waals surface area (Å²) in [5, 5.41) is 19.4. The number of carbonyl (C=O) groups is 1. The lowest BCUT2D eigenvalue weighted by molar-refractivity contribution is 0.0572. The largest absolute Gasteiger partial charge is 0.388 e. The second-order valence-corrected chi connectivity index (χ2v) is 4.66. The van der Waals surface area contributed by atoms with Gasteiger partial charge in [-0.15, -0.1) is 0 Å². The van der Waals surface area contributed by atoms with Gasteiger partial charge in [0, 0.05) is 23.7 Å². The molecule has 92 valence electrons. The minimum Gasteiger partial charge on any atom is -0.388 e. The first-order valence-corrected chi connectivity index (χ1v) is 5.79. The van der Waals surface area contributed by atoms with Crippen molar-refractivity contribution in [1.29, 1.82) is 0 Å². The van der Waals surface area contributed by atoms with E-state index in [2.05, 4.69) is 0 Å². The Morgan fingerprint density at radius 2 is 1.94 bits per heavy atom. The number of amides is 1. The first-order chi connectivity index (χ1) is 8.00. The lowest BCUT2D eigenvalue weighted by Crippen LogP contribution is -2.30. The van der Waals surface area contributed by atoms with Crippen LogP contribution >= 0.6 is 11.6 Å². The smallest absolute Gasteiger partial charge is 0.254 e. The fraction of sp³-hybridized carbons (Fsp3) is 0.417. The van der Waals surface area contributed by atoms with Crippen molar-refractivity contribution in [1.82, 2.24) is 4.90 Å². The number of hydrogen-bond acceptors (Lipinski definition) is 3. The lowest BCUT2D eigenvalue weighted by atomic mass is 10.1. The van der Waals surface area contributed by atoms with E-state index in [0.29, 0.717) is 10.6 Å². The molecule has 0 radical (unpaired) electrons. The highest BCUT2D eigenvalue weighted by molar-refractivity contribution is 6.31. The molecule has 4 nitrogen and oxygen atoms in total. The van der Waals surface area contributed by atoms with Crippen molar-refractivity contribution in [2.75, 3.05) is 13.1 Å². The van der Waals surface area contributed by atoms with Crippen molar-refractivity contribution in [2.24, 2.45) is 0 Å². The Bertz CT molecular complexity index is 439. The van der Waals surface area contributed by atoms with E-state index in [9.17, 15) is 15.0 Å². The summed E-state index contributed by atoms with van der Waals surface area (Å²) >= 11 is 5.95. The number of aliphatic hydroxyl groups is 2. The molecule has 5 heteroatoms. The van der Waals surface area contributed by atoms with E-state index in [4.69, 9.17) is 11.6 Å². The average Bonchev–Trinajstić information content (AvgIpc) is 2.62. The van der Waals surface area contributed by atoms with Crippen LogP contribution in [0.3, 0.4) is 0 Å². The second kappa shape index (κ2) is 4.64. The molecular weight excluding hydrogens is 242 g/mol. The minimum absolute atomic E-state index is 0.159. The molecule has 2 N–H and O–H groups in total. The summed E-state index contributed by atoms with van der Waals surface area (Å²) in [7, 11) is 0. The third kappa shape index (κ3) is 2.29. The van der Waals surface area contributed by atoms with Gasteiger partial charge >= 0.3 is 0 Å². The fourth-order valence-corrected chi connectivity index (χ4v) is 2.12. The highest BCUT2D eigenvalue weighted by atomic mass is 35.5. The number of hydrogen-bond donors (Lipinski definition) is 2. The van der Waals surface area contributed by atoms with Crippen molar-refractivity contribution >= 4 is 17.5 Å². The molecule has 2 atom stereocenters. The topological polar surface area (TPSA) is 60.8 Å². The number of aliphatic hydroxyl groups excluding tert-OH is 2. The lowest BCUT2D eigenvalue weighted by Gasteiger charge is -2.17. The van der Waals surface area contributed by atoms with Gasteiger partial charge in [0.05, 0.1) is 12.2 Å². The van der Waals surface area contributed by atoms with Crippen molar-refractivity contribution in [3.05, 3.63) is 34.3 Å². The van der Waals surface area contributed by atoms with Crippen molar-refractivity contribution < 1.29 is 15.0 Å². The van der Waals surface area contributed by atoms with Crippen LogP contribution < -0.4 is 0 Å². The first kappa shape index (κ1) is 12.4. The van der Waals surface area contributed by atoms with Gasteiger partial charge in [-0.25, -0.2) is 0 Å². The maximum atomic E-state index is 12.2. The van der Waals surface area contributed by atoms with Gasteiger partial charge in [0.1, 0.15) is 0 Å². The van der Waals surface area contributed by atoms with E-state index in [-0.39, 0.29) is 19.0 Å². The van der Waals surface area contributed by atoms with E-state index in [1.165, 1.54) is 4.90 Å². The van der Waals surface area contributed by atoms with Gasteiger partial charge in [-0.2, -0.15) is 0 Å². The van der Waals surface area contributed by atoms with Crippen LogP contribution in [0.4, 0.5) is 0 Å². The van der Waals surface area contributed by atoms with Crippen LogP contribution in [-0.2, 0) is 0 Å². The zero-order valence-corrected chi connectivity index (χ0v) is 10.2. The summed E-state index contributed by atoms with van der Waals surface area (Å²) in [6.07, 6.45) is -1.73. The summed E-state index contributed by atoms with van der Waals surface area (Å²) in [5.74, 6) is -0.208. The third-order valence-corrected chi connectivity index (χ3v) is 3.45. The third-order valence-electron chi connectivity index (χ3n) is 3.04. The van der Waals surface area contributed by atoms with Gasteiger partial charge in [0.15, 0.2) is 0 Å². The molecule has 1 aromatic carbocycles. The van der Waals surface area contributed by atoms with Crippen LogP contribution in [0.15, 0.2) is 18.2 Å². The Labute approximate surface area is 104 Å². The van der Waals surface area contributed by atoms with E-state index in [1.54, 1.807) is 25.1 Å². The molecule has 1 heterocycles. The summed E-state index contributed by atoms with van der Waals surface area (Å²) in [5.41, 5.74) is 1.23. The average molecular weight is 256 g/mol. The Morgan fingerprint density at radius 3 is 2.53 bits per heavy atom. The van der Waals surface area contributed by atoms with Crippen molar-refractivity contribution in [2.45, 2.75) is 19.1 Å². The SMILES string of the molecule is Cc1c(Cl)cccc1C(=O)N1CC(O)C(O)C1. The van der Waals surface area contributed by atoms with Gasteiger partial charge in [-0.05, 0) is 24.6 Å². The minimum atomic E-state index is -0.863. The zero-order valence-electron chi connectivity index (χ0n) is 9.43. The predicted octanol–water partition coefficient (Wildman–Crippen LogP) is 0.826. The van der Waals surface area contributed by atoms with Crippen LogP contribution in [-0.4, -0.2) is 46.3 Å². The molecule has 1 saturated heterocycles. The molecule has 1 aliphatic rings. The number of nitrogens with zero attached hydrogens (tertiary/aromatic N) is 1. The monoisotopic (exact) mass is 255 g/mol. The van der Waals surface area contributed by atoms with Gasteiger partial charge in [0.25, 0.3) is 5.91 Å². The highest BCUT2D eigenvalue weighted by Gasteiger charge is 2.33. The molecule has 0 aromatic heterocycles. The van der Waals surface area contributed by atoms with Gasteiger partial charge in [0.2, 0.25) is 0 Å². The number of carbonyl (C=O) groups excluding carboxylic acids is 1. The quantitative estimate of drug-likeness (QED) is 0.781. The molecule has 1 amide bonds. The molecule has 1 fully saturated rings. The summed E-state index contributed by atoms with van der Waals surface area (Å²) in [4.78, 5) is 13.6. The van der Waals surface area contributed by atoms with E-state index >= 15 is 0 Å². The number of likely N-dealkylation sites (tertiary alicyclic amines) is 1. The number of benzene rings is 1. The Balaban J connectivity index is 2.24. The second-order valence-electron chi connectivity index (χ2n) is 4.26. The Morgan fingerprint density at radius 1 is 1.35 bits per heavy atom. The molecule has 2 unspecified atom stereocenters. The van der Waals surface area contributed by atoms with E-state index in [0.717, 1.165) is 5.56 Å². The van der Waals surface area contributed by atoms with Crippen molar-refractivity contribution in [3.8, 4) is 0 Å². The number of halogens is 1. The summed E-state index contributed by atoms with van der Waals surface area (Å²) in [6, 6.07) is 5.13. The van der Waals surface area contributed by atoms with Crippen LogP contribution in [0.2, 0.25) is 5.02 Å². The van der Waals surface area contributed by atoms with Crippen LogP contribution in [0.1, 0.15) is 15.9 Å². The van der Waals surface area contributed by atoms with E-state index in [1.807, 2.05) is 0 Å². The maximum absolute atomic E-state index is 12.2. The van der Waals surface area contributed by atoms with Crippen molar-refractivity contribution in [3.63, 3.8) is 0 Å². The standard InChI is InChI=1S/C12H14ClNO3/c1-7-8(3-2-4-9(7)13)12(17)14-5-10(15)11(16)6-14/h2-4,10-11,15-16H,5-6H2,1H3. The van der Waals surface area contributed by atoms with Gasteiger partial charge in [-0.3, -0.25) is 4.79 Å². The van der Waals surface area contributed by atoms with Gasteiger partial charge < -0.3 is 15.1 Å². The molecule has 17 heavy (non-hydrogen) atoms. The highest BCUT2D eigenvalue weighted by Crippen LogP contribution is 2.22. The van der Waals surface area contributed by atoms with Crippen LogP contribution in [0.5, 0.6) is 0 Å². The van der Waals surface area contributed by atoms with Gasteiger partial charge in [-0.1, -0.05) is 17.7 Å². The summed E-state index contributed by atoms with van der Waals surface area (Å²) < 4.78 is 0. The maximum Gasteiger partial charge on any atom is 0.254 e. The summed E-state index contributed by atoms with van der Waals surface area (Å²) in [6.45, 7) is 2.09. The fourth-order valence-electron chi connectivity index (χ4n) is 1.94. The molecule has 0 bridgehead atoms. The molecule has 1 aliphatic heterocycles. The molecule has 2 rings (SSSR count). The molecule has 0 saturated carbocycles. The molecule has 0 aliphatic carbocycles. The predicted molar refractivity (Wildman–Crippen MR) is 64.1 cm³/mol.